The zero-order valence-corrected chi connectivity index (χ0v) is 11.6. The number of nitrogens with one attached hydrogen (secondary N) is 1. The summed E-state index contributed by atoms with van der Waals surface area (Å²) in [5, 5.41) is 4.37. The van der Waals surface area contributed by atoms with E-state index in [1.165, 1.54) is 0 Å². The van der Waals surface area contributed by atoms with E-state index in [1.807, 2.05) is 30.3 Å². The van der Waals surface area contributed by atoms with E-state index in [1.54, 1.807) is 13.1 Å². The molecule has 0 saturated heterocycles. The molecule has 0 radical (unpaired) electrons. The number of carbonyl (C=O) groups is 1. The average Bonchev–Trinajstić information content (AvgIpc) is 2.47. The van der Waals surface area contributed by atoms with Crippen LogP contribution in [-0.2, 0) is 9.53 Å². The summed E-state index contributed by atoms with van der Waals surface area (Å²) in [5.41, 5.74) is 2.36. The molecule has 0 spiro atoms. The van der Waals surface area contributed by atoms with Crippen LogP contribution < -0.4 is 5.32 Å². The van der Waals surface area contributed by atoms with E-state index in [-0.39, 0.29) is 5.97 Å². The number of esters is 1. The molecule has 2 rings (SSSR count). The van der Waals surface area contributed by atoms with Crippen molar-refractivity contribution in [1.82, 2.24) is 4.98 Å². The van der Waals surface area contributed by atoms with Gasteiger partial charge in [-0.05, 0) is 25.5 Å². The zero-order chi connectivity index (χ0) is 14.4. The van der Waals surface area contributed by atoms with Gasteiger partial charge in [-0.25, -0.2) is 4.79 Å². The first-order chi connectivity index (χ1) is 9.72. The van der Waals surface area contributed by atoms with E-state index in [0.29, 0.717) is 25.1 Å². The van der Waals surface area contributed by atoms with Crippen LogP contribution in [0.3, 0.4) is 0 Å². The fourth-order valence-electron chi connectivity index (χ4n) is 1.93. The molecule has 0 fully saturated rings. The van der Waals surface area contributed by atoms with Crippen molar-refractivity contribution in [1.29, 1.82) is 0 Å². The number of anilines is 1. The van der Waals surface area contributed by atoms with Crippen LogP contribution in [0.5, 0.6) is 0 Å². The summed E-state index contributed by atoms with van der Waals surface area (Å²) in [5.74, 6) is -0.328. The van der Waals surface area contributed by atoms with Gasteiger partial charge in [0.05, 0.1) is 17.8 Å². The highest BCUT2D eigenvalue weighted by Crippen LogP contribution is 2.20. The van der Waals surface area contributed by atoms with Gasteiger partial charge < -0.3 is 10.1 Å². The van der Waals surface area contributed by atoms with Crippen molar-refractivity contribution in [3.63, 3.8) is 0 Å². The summed E-state index contributed by atoms with van der Waals surface area (Å²) >= 11 is 0. The van der Waals surface area contributed by atoms with Crippen molar-refractivity contribution in [3.05, 3.63) is 48.7 Å². The molecule has 1 aromatic carbocycles. The van der Waals surface area contributed by atoms with E-state index in [2.05, 4.69) is 16.9 Å². The normalized spacial score (nSPS) is 10.2. The van der Waals surface area contributed by atoms with E-state index in [4.69, 9.17) is 4.74 Å². The van der Waals surface area contributed by atoms with Gasteiger partial charge in [0, 0.05) is 23.7 Å². The third-order valence-electron chi connectivity index (χ3n) is 2.94. The number of ether oxygens (including phenoxy) is 1. The predicted octanol–water partition coefficient (Wildman–Crippen LogP) is 3.16. The number of hydrogen-bond acceptors (Lipinski definition) is 4. The summed E-state index contributed by atoms with van der Waals surface area (Å²) in [6.07, 6.45) is 2.31. The quantitative estimate of drug-likeness (QED) is 0.647. The molecular formula is C16H18N2O2. The van der Waals surface area contributed by atoms with Gasteiger partial charge in [0.15, 0.2) is 0 Å². The summed E-state index contributed by atoms with van der Waals surface area (Å²) in [6, 6.07) is 9.90. The molecule has 2 aromatic rings. The first-order valence-corrected chi connectivity index (χ1v) is 6.65. The molecule has 0 bridgehead atoms. The van der Waals surface area contributed by atoms with Crippen molar-refractivity contribution in [3.8, 4) is 0 Å². The largest absolute Gasteiger partial charge is 0.463 e. The Bertz CT molecular complexity index is 617. The minimum Gasteiger partial charge on any atom is -0.463 e. The molecule has 1 N–H and O–H groups in total. The number of nitrogens with zero attached hydrogens (tertiary/aromatic N) is 1. The van der Waals surface area contributed by atoms with Crippen LogP contribution in [0.4, 0.5) is 5.69 Å². The zero-order valence-electron chi connectivity index (χ0n) is 11.6. The van der Waals surface area contributed by atoms with Gasteiger partial charge in [-0.3, -0.25) is 4.98 Å². The Hall–Kier alpha value is -2.36. The third-order valence-corrected chi connectivity index (χ3v) is 2.94. The van der Waals surface area contributed by atoms with Crippen LogP contribution in [-0.4, -0.2) is 24.1 Å². The van der Waals surface area contributed by atoms with Crippen molar-refractivity contribution in [2.45, 2.75) is 13.3 Å². The molecule has 0 aliphatic heterocycles. The molecule has 104 valence electrons. The Balaban J connectivity index is 1.96. The Kier molecular flexibility index (Phi) is 4.71. The van der Waals surface area contributed by atoms with Gasteiger partial charge in [0.1, 0.15) is 0 Å². The second kappa shape index (κ2) is 6.70. The summed E-state index contributed by atoms with van der Waals surface area (Å²) < 4.78 is 4.90. The molecule has 1 heterocycles. The van der Waals surface area contributed by atoms with E-state index in [9.17, 15) is 4.79 Å². The van der Waals surface area contributed by atoms with E-state index in [0.717, 1.165) is 16.6 Å². The van der Waals surface area contributed by atoms with Gasteiger partial charge in [0.25, 0.3) is 0 Å². The van der Waals surface area contributed by atoms with Gasteiger partial charge in [-0.2, -0.15) is 0 Å². The lowest BCUT2D eigenvalue weighted by atomic mass is 10.1. The highest BCUT2D eigenvalue weighted by atomic mass is 16.5. The van der Waals surface area contributed by atoms with Crippen LogP contribution in [0, 0.1) is 0 Å². The Labute approximate surface area is 118 Å². The lowest BCUT2D eigenvalue weighted by molar-refractivity contribution is -0.138. The summed E-state index contributed by atoms with van der Waals surface area (Å²) in [6.45, 7) is 6.51. The first kappa shape index (κ1) is 14.1. The molecule has 4 heteroatoms. The minimum absolute atomic E-state index is 0.328. The fourth-order valence-corrected chi connectivity index (χ4v) is 1.93. The molecule has 0 saturated carbocycles. The summed E-state index contributed by atoms with van der Waals surface area (Å²) in [7, 11) is 0. The molecular weight excluding hydrogens is 252 g/mol. The predicted molar refractivity (Wildman–Crippen MR) is 80.6 cm³/mol. The standard InChI is InChI=1S/C16H18N2O2/c1-3-20-16(19)12(2)9-11-17-14-8-4-6-13-7-5-10-18-15(13)14/h4-8,10,17H,2-3,9,11H2,1H3. The fraction of sp³-hybridized carbons (Fsp3) is 0.250. The molecule has 0 amide bonds. The maximum Gasteiger partial charge on any atom is 0.333 e. The second-order valence-electron chi connectivity index (χ2n) is 4.38. The van der Waals surface area contributed by atoms with Gasteiger partial charge in [-0.1, -0.05) is 24.8 Å². The van der Waals surface area contributed by atoms with Gasteiger partial charge in [-0.15, -0.1) is 0 Å². The van der Waals surface area contributed by atoms with Crippen molar-refractivity contribution in [2.75, 3.05) is 18.5 Å². The number of carbonyl (C=O) groups excluding carboxylic acids is 1. The average molecular weight is 270 g/mol. The SMILES string of the molecule is C=C(CCNc1cccc2cccnc12)C(=O)OCC. The van der Waals surface area contributed by atoms with Crippen LogP contribution in [0.1, 0.15) is 13.3 Å². The maximum atomic E-state index is 11.4. The lowest BCUT2D eigenvalue weighted by Gasteiger charge is -2.09. The van der Waals surface area contributed by atoms with Crippen LogP contribution >= 0.6 is 0 Å². The number of aromatic nitrogens is 1. The Morgan fingerprint density at radius 2 is 2.15 bits per heavy atom. The second-order valence-corrected chi connectivity index (χ2v) is 4.38. The topological polar surface area (TPSA) is 51.2 Å². The van der Waals surface area contributed by atoms with Crippen molar-refractivity contribution >= 4 is 22.6 Å². The van der Waals surface area contributed by atoms with Crippen LogP contribution in [0.2, 0.25) is 0 Å². The smallest absolute Gasteiger partial charge is 0.333 e. The molecule has 20 heavy (non-hydrogen) atoms. The highest BCUT2D eigenvalue weighted by Gasteiger charge is 2.07. The first-order valence-electron chi connectivity index (χ1n) is 6.65. The van der Waals surface area contributed by atoms with Crippen LogP contribution in [0.25, 0.3) is 10.9 Å². The number of rotatable bonds is 6. The molecule has 0 atom stereocenters. The Morgan fingerprint density at radius 1 is 1.35 bits per heavy atom. The molecule has 0 unspecified atom stereocenters. The lowest BCUT2D eigenvalue weighted by Crippen LogP contribution is -2.11. The molecule has 0 aliphatic rings. The molecule has 0 aliphatic carbocycles. The highest BCUT2D eigenvalue weighted by molar-refractivity contribution is 5.90. The number of para-hydroxylation sites is 1. The van der Waals surface area contributed by atoms with Gasteiger partial charge >= 0.3 is 5.97 Å². The third kappa shape index (κ3) is 3.35. The number of fused-ring (bicyclic) bond motifs is 1. The minimum atomic E-state index is -0.328. The molecule has 4 nitrogen and oxygen atoms in total. The number of benzene rings is 1. The number of pyridine rings is 1. The molecule has 1 aromatic heterocycles. The maximum absolute atomic E-state index is 11.4. The number of hydrogen-bond donors (Lipinski definition) is 1. The van der Waals surface area contributed by atoms with Crippen molar-refractivity contribution in [2.24, 2.45) is 0 Å². The Morgan fingerprint density at radius 3 is 2.95 bits per heavy atom. The summed E-state index contributed by atoms with van der Waals surface area (Å²) in [4.78, 5) is 15.8. The van der Waals surface area contributed by atoms with E-state index >= 15 is 0 Å². The van der Waals surface area contributed by atoms with Gasteiger partial charge in [0.2, 0.25) is 0 Å². The van der Waals surface area contributed by atoms with E-state index < -0.39 is 0 Å². The monoisotopic (exact) mass is 270 g/mol. The van der Waals surface area contributed by atoms with Crippen LogP contribution in [0.15, 0.2) is 48.7 Å². The van der Waals surface area contributed by atoms with Crippen molar-refractivity contribution < 1.29 is 9.53 Å².